The van der Waals surface area contributed by atoms with Gasteiger partial charge in [-0.25, -0.2) is 0 Å². The highest BCUT2D eigenvalue weighted by atomic mass is 16.6. The summed E-state index contributed by atoms with van der Waals surface area (Å²) < 4.78 is 13.2. The Bertz CT molecular complexity index is 1680. The van der Waals surface area contributed by atoms with Crippen LogP contribution in [-0.4, -0.2) is 102 Å². The van der Waals surface area contributed by atoms with Crippen molar-refractivity contribution in [3.05, 3.63) is 85.5 Å². The van der Waals surface area contributed by atoms with E-state index in [0.29, 0.717) is 36.9 Å². The number of carbonyl (C=O) groups is 4. The number of ether oxygens (including phenoxy) is 2. The van der Waals surface area contributed by atoms with Gasteiger partial charge in [-0.15, -0.1) is 13.2 Å². The van der Waals surface area contributed by atoms with Crippen LogP contribution >= 0.6 is 0 Å². The largest absolute Gasteiger partial charge is 0.455 e. The number of likely N-dealkylation sites (tertiary alicyclic amines) is 1. The van der Waals surface area contributed by atoms with Crippen LogP contribution in [0.1, 0.15) is 78.4 Å². The lowest BCUT2D eigenvalue weighted by Gasteiger charge is -2.39. The number of aliphatic hydroxyl groups is 1. The lowest BCUT2D eigenvalue weighted by molar-refractivity contribution is -0.165. The average molecular weight is 757 g/mol. The fourth-order valence-electron chi connectivity index (χ4n) is 9.01. The fraction of sp³-hybridized carbons (Fsp3) is 0.545. The summed E-state index contributed by atoms with van der Waals surface area (Å²) in [5.41, 5.74) is 1.08. The Hall–Kier alpha value is -4.48. The number of esters is 1. The van der Waals surface area contributed by atoms with Gasteiger partial charge in [0.1, 0.15) is 17.7 Å². The van der Waals surface area contributed by atoms with Crippen LogP contribution in [0.25, 0.3) is 0 Å². The Morgan fingerprint density at radius 1 is 1.02 bits per heavy atom. The van der Waals surface area contributed by atoms with Crippen LogP contribution in [0.5, 0.6) is 0 Å². The van der Waals surface area contributed by atoms with E-state index in [4.69, 9.17) is 9.47 Å². The SMILES string of the molecule is C=CCCC(=O)N(C)[C@@H](C)[C@@H](OC(=O)[C@@H]1[C@@H]2CC[C@]3(O2)[C@H](C(=O)N(CC=C)c2ccc(N(CC)CC)cc2)N([C@@H](CO)CC(C)C)C(=O)[C@@H]13)c1ccccc1. The summed E-state index contributed by atoms with van der Waals surface area (Å²) >= 11 is 0. The minimum Gasteiger partial charge on any atom is -0.455 e. The summed E-state index contributed by atoms with van der Waals surface area (Å²) in [4.78, 5) is 64.8. The average Bonchev–Trinajstić information content (AvgIpc) is 3.84. The zero-order valence-corrected chi connectivity index (χ0v) is 33.4. The molecule has 0 aliphatic carbocycles. The summed E-state index contributed by atoms with van der Waals surface area (Å²) in [6, 6.07) is 14.7. The lowest BCUT2D eigenvalue weighted by atomic mass is 9.70. The standard InChI is InChI=1S/C44H60N4O7/c1-9-13-19-36(50)45(8)30(7)39(31-17-15-14-16-18-31)54-43(53)37-35-24-25-44(55-35)38(37)41(51)48(34(28-49)27-29(5)6)40(44)42(52)47(26-10-2)33-22-20-32(21-23-33)46(11-3)12-4/h9-10,14-18,20-23,29-30,34-35,37-40,49H,1-2,11-13,19,24-28H2,3-8H3/t30-,34+,35-,37+,38+,39+,40-,44+/m0/s1. The van der Waals surface area contributed by atoms with Crippen LogP contribution in [0.4, 0.5) is 11.4 Å². The van der Waals surface area contributed by atoms with E-state index in [0.717, 1.165) is 18.8 Å². The second kappa shape index (κ2) is 18.0. The molecule has 2 aromatic carbocycles. The van der Waals surface area contributed by atoms with E-state index < -0.39 is 59.6 Å². The van der Waals surface area contributed by atoms with Gasteiger partial charge in [-0.05, 0) is 82.2 Å². The van der Waals surface area contributed by atoms with Gasteiger partial charge >= 0.3 is 5.97 Å². The third kappa shape index (κ3) is 8.10. The number of benzene rings is 2. The van der Waals surface area contributed by atoms with Gasteiger partial charge in [-0.3, -0.25) is 19.2 Å². The molecule has 0 radical (unpaired) electrons. The predicted molar refractivity (Wildman–Crippen MR) is 214 cm³/mol. The van der Waals surface area contributed by atoms with Gasteiger partial charge in [0.15, 0.2) is 0 Å². The zero-order chi connectivity index (χ0) is 40.0. The maximum atomic E-state index is 15.1. The van der Waals surface area contributed by atoms with Gasteiger partial charge in [0, 0.05) is 44.5 Å². The molecule has 3 aliphatic heterocycles. The third-order valence-corrected chi connectivity index (χ3v) is 11.8. The molecule has 11 heteroatoms. The molecule has 0 aromatic heterocycles. The molecule has 11 nitrogen and oxygen atoms in total. The van der Waals surface area contributed by atoms with Crippen LogP contribution in [0.2, 0.25) is 0 Å². The van der Waals surface area contributed by atoms with Crippen LogP contribution in [-0.2, 0) is 28.7 Å². The van der Waals surface area contributed by atoms with Crippen molar-refractivity contribution in [2.75, 3.05) is 43.1 Å². The minimum absolute atomic E-state index is 0.104. The lowest BCUT2D eigenvalue weighted by Crippen LogP contribution is -2.59. The molecule has 0 unspecified atom stereocenters. The monoisotopic (exact) mass is 756 g/mol. The summed E-state index contributed by atoms with van der Waals surface area (Å²) in [7, 11) is 1.69. The molecule has 3 saturated heterocycles. The molecule has 1 spiro atoms. The Morgan fingerprint density at radius 3 is 2.25 bits per heavy atom. The van der Waals surface area contributed by atoms with Crippen molar-refractivity contribution in [1.29, 1.82) is 0 Å². The molecule has 3 amide bonds. The summed E-state index contributed by atoms with van der Waals surface area (Å²) in [5.74, 6) is -3.33. The molecule has 5 rings (SSSR count). The molecule has 3 fully saturated rings. The van der Waals surface area contributed by atoms with Gasteiger partial charge in [0.25, 0.3) is 5.91 Å². The predicted octanol–water partition coefficient (Wildman–Crippen LogP) is 5.93. The first-order valence-electron chi connectivity index (χ1n) is 19.9. The van der Waals surface area contributed by atoms with E-state index in [1.807, 2.05) is 75.4 Å². The third-order valence-electron chi connectivity index (χ3n) is 11.8. The van der Waals surface area contributed by atoms with Crippen molar-refractivity contribution >= 4 is 35.1 Å². The first-order valence-corrected chi connectivity index (χ1v) is 19.9. The second-order valence-corrected chi connectivity index (χ2v) is 15.5. The molecule has 298 valence electrons. The highest BCUT2D eigenvalue weighted by Crippen LogP contribution is 2.59. The van der Waals surface area contributed by atoms with E-state index >= 15 is 4.79 Å². The van der Waals surface area contributed by atoms with Crippen molar-refractivity contribution in [2.45, 2.75) is 103 Å². The number of fused-ring (bicyclic) bond motifs is 1. The Kier molecular flexibility index (Phi) is 13.6. The maximum absolute atomic E-state index is 15.1. The van der Waals surface area contributed by atoms with E-state index in [9.17, 15) is 19.5 Å². The van der Waals surface area contributed by atoms with Gasteiger partial charge in [0.05, 0.1) is 36.6 Å². The first kappa shape index (κ1) is 41.7. The summed E-state index contributed by atoms with van der Waals surface area (Å²) in [6.07, 6.45) is 3.97. The van der Waals surface area contributed by atoms with Crippen LogP contribution in [0.3, 0.4) is 0 Å². The van der Waals surface area contributed by atoms with E-state index in [1.165, 1.54) is 4.90 Å². The van der Waals surface area contributed by atoms with Crippen LogP contribution in [0.15, 0.2) is 79.9 Å². The number of amides is 3. The number of rotatable bonds is 19. The number of hydrogen-bond donors (Lipinski definition) is 1. The number of allylic oxidation sites excluding steroid dienone is 1. The van der Waals surface area contributed by atoms with Crippen molar-refractivity contribution in [3.63, 3.8) is 0 Å². The Balaban J connectivity index is 1.53. The molecule has 2 aromatic rings. The fourth-order valence-corrected chi connectivity index (χ4v) is 9.01. The molecule has 8 atom stereocenters. The molecule has 55 heavy (non-hydrogen) atoms. The topological polar surface area (TPSA) is 120 Å². The molecule has 3 aliphatic rings. The summed E-state index contributed by atoms with van der Waals surface area (Å²) in [5, 5.41) is 10.8. The molecular weight excluding hydrogens is 697 g/mol. The molecule has 3 heterocycles. The quantitative estimate of drug-likeness (QED) is 0.139. The van der Waals surface area contributed by atoms with Crippen molar-refractivity contribution in [1.82, 2.24) is 9.80 Å². The minimum atomic E-state index is -1.31. The molecule has 0 saturated carbocycles. The van der Waals surface area contributed by atoms with Crippen LogP contribution < -0.4 is 9.80 Å². The number of carbonyl (C=O) groups excluding carboxylic acids is 4. The number of aliphatic hydroxyl groups excluding tert-OH is 1. The van der Waals surface area contributed by atoms with E-state index in [-0.39, 0.29) is 37.3 Å². The first-order chi connectivity index (χ1) is 26.4. The Labute approximate surface area is 326 Å². The number of hydrogen-bond acceptors (Lipinski definition) is 8. The van der Waals surface area contributed by atoms with Crippen molar-refractivity contribution < 1.29 is 33.8 Å². The van der Waals surface area contributed by atoms with Gasteiger partial charge < -0.3 is 34.2 Å². The number of nitrogens with zero attached hydrogens (tertiary/aromatic N) is 4. The van der Waals surface area contributed by atoms with E-state index in [1.54, 1.807) is 29.0 Å². The van der Waals surface area contributed by atoms with Crippen molar-refractivity contribution in [2.24, 2.45) is 17.8 Å². The highest BCUT2D eigenvalue weighted by Gasteiger charge is 2.75. The smallest absolute Gasteiger partial charge is 0.313 e. The van der Waals surface area contributed by atoms with Gasteiger partial charge in [-0.1, -0.05) is 56.3 Å². The van der Waals surface area contributed by atoms with Gasteiger partial charge in [0.2, 0.25) is 11.8 Å². The van der Waals surface area contributed by atoms with Crippen LogP contribution in [0, 0.1) is 17.8 Å². The highest BCUT2D eigenvalue weighted by molar-refractivity contribution is 6.05. The maximum Gasteiger partial charge on any atom is 0.313 e. The normalized spacial score (nSPS) is 24.2. The van der Waals surface area contributed by atoms with Crippen molar-refractivity contribution in [3.8, 4) is 0 Å². The molecular formula is C44H60N4O7. The number of likely N-dealkylation sites (N-methyl/N-ethyl adjacent to an activating group) is 1. The zero-order valence-electron chi connectivity index (χ0n) is 33.4. The Morgan fingerprint density at radius 2 is 1.67 bits per heavy atom. The van der Waals surface area contributed by atoms with Gasteiger partial charge in [-0.2, -0.15) is 0 Å². The molecule has 1 N–H and O–H groups in total. The van der Waals surface area contributed by atoms with E-state index in [2.05, 4.69) is 31.9 Å². The molecule has 2 bridgehead atoms. The second-order valence-electron chi connectivity index (χ2n) is 15.5. The number of anilines is 2. The summed E-state index contributed by atoms with van der Waals surface area (Å²) in [6.45, 7) is 19.2.